The van der Waals surface area contributed by atoms with Gasteiger partial charge in [-0.05, 0) is 36.8 Å². The van der Waals surface area contributed by atoms with Gasteiger partial charge in [0.2, 0.25) is 0 Å². The minimum absolute atomic E-state index is 0.604. The Morgan fingerprint density at radius 1 is 1.04 bits per heavy atom. The van der Waals surface area contributed by atoms with Gasteiger partial charge in [-0.3, -0.25) is 4.98 Å². The maximum absolute atomic E-state index is 4.59. The van der Waals surface area contributed by atoms with E-state index < -0.39 is 0 Å². The Morgan fingerprint density at radius 3 is 2.81 bits per heavy atom. The van der Waals surface area contributed by atoms with Crippen LogP contribution in [-0.2, 0) is 6.54 Å². The van der Waals surface area contributed by atoms with Crippen molar-refractivity contribution in [2.45, 2.75) is 13.5 Å². The quantitative estimate of drug-likeness (QED) is 0.599. The minimum Gasteiger partial charge on any atom is -0.340 e. The second kappa shape index (κ2) is 7.10. The maximum atomic E-state index is 4.59. The van der Waals surface area contributed by atoms with Gasteiger partial charge in [0.1, 0.15) is 24.2 Å². The Bertz CT molecular complexity index is 998. The van der Waals surface area contributed by atoms with Crippen molar-refractivity contribution in [3.63, 3.8) is 0 Å². The van der Waals surface area contributed by atoms with Gasteiger partial charge < -0.3 is 5.32 Å². The first-order valence-corrected chi connectivity index (χ1v) is 8.22. The Kier molecular flexibility index (Phi) is 4.34. The molecule has 3 aromatic heterocycles. The van der Waals surface area contributed by atoms with Crippen molar-refractivity contribution in [2.75, 3.05) is 5.32 Å². The van der Waals surface area contributed by atoms with E-state index in [1.807, 2.05) is 43.3 Å². The van der Waals surface area contributed by atoms with Gasteiger partial charge in [-0.1, -0.05) is 18.2 Å². The van der Waals surface area contributed by atoms with Gasteiger partial charge in [-0.2, -0.15) is 5.10 Å². The van der Waals surface area contributed by atoms with Crippen LogP contribution in [0, 0.1) is 6.92 Å². The molecule has 0 spiro atoms. The van der Waals surface area contributed by atoms with Gasteiger partial charge in [0, 0.05) is 23.6 Å². The molecule has 0 bridgehead atoms. The molecule has 0 atom stereocenters. The lowest BCUT2D eigenvalue weighted by Crippen LogP contribution is -2.02. The summed E-state index contributed by atoms with van der Waals surface area (Å²) in [4.78, 5) is 17.4. The number of nitrogens with zero attached hydrogens (tertiary/aromatic N) is 6. The van der Waals surface area contributed by atoms with Crippen molar-refractivity contribution in [1.82, 2.24) is 29.7 Å². The van der Waals surface area contributed by atoms with Crippen LogP contribution >= 0.6 is 0 Å². The highest BCUT2D eigenvalue weighted by Crippen LogP contribution is 2.20. The van der Waals surface area contributed by atoms with E-state index in [-0.39, 0.29) is 0 Å². The van der Waals surface area contributed by atoms with Crippen LogP contribution in [0.1, 0.15) is 11.3 Å². The predicted molar refractivity (Wildman–Crippen MR) is 98.8 cm³/mol. The SMILES string of the molecule is Cc1cc(Nc2cccc(Cn3cncn3)c2)nc(-c2ccccn2)n1. The number of aryl methyl sites for hydroxylation is 1. The van der Waals surface area contributed by atoms with Gasteiger partial charge in [-0.25, -0.2) is 19.6 Å². The minimum atomic E-state index is 0.604. The molecule has 4 rings (SSSR count). The Morgan fingerprint density at radius 2 is 2.00 bits per heavy atom. The summed E-state index contributed by atoms with van der Waals surface area (Å²) in [5, 5.41) is 7.49. The van der Waals surface area contributed by atoms with Crippen LogP contribution in [0.4, 0.5) is 11.5 Å². The topological polar surface area (TPSA) is 81.4 Å². The van der Waals surface area contributed by atoms with E-state index in [1.165, 1.54) is 6.33 Å². The highest BCUT2D eigenvalue weighted by molar-refractivity contribution is 5.60. The summed E-state index contributed by atoms with van der Waals surface area (Å²) in [5.41, 5.74) is 3.70. The molecule has 0 aliphatic rings. The summed E-state index contributed by atoms with van der Waals surface area (Å²) in [6.45, 7) is 2.61. The molecule has 1 aromatic carbocycles. The molecule has 0 aliphatic carbocycles. The Labute approximate surface area is 150 Å². The zero-order valence-electron chi connectivity index (χ0n) is 14.2. The van der Waals surface area contributed by atoms with E-state index >= 15 is 0 Å². The molecule has 0 amide bonds. The first kappa shape index (κ1) is 15.9. The number of aromatic nitrogens is 6. The van der Waals surface area contributed by atoms with E-state index in [4.69, 9.17) is 0 Å². The fraction of sp³-hybridized carbons (Fsp3) is 0.105. The molecule has 0 fully saturated rings. The van der Waals surface area contributed by atoms with Crippen LogP contribution in [0.15, 0.2) is 67.4 Å². The molecule has 7 heteroatoms. The number of nitrogens with one attached hydrogen (secondary N) is 1. The third kappa shape index (κ3) is 3.72. The predicted octanol–water partition coefficient (Wildman–Crippen LogP) is 3.23. The van der Waals surface area contributed by atoms with Gasteiger partial charge >= 0.3 is 0 Å². The number of anilines is 2. The van der Waals surface area contributed by atoms with Gasteiger partial charge in [0.15, 0.2) is 5.82 Å². The first-order valence-electron chi connectivity index (χ1n) is 8.22. The zero-order valence-corrected chi connectivity index (χ0v) is 14.2. The van der Waals surface area contributed by atoms with Crippen LogP contribution in [0.3, 0.4) is 0 Å². The summed E-state index contributed by atoms with van der Waals surface area (Å²) in [5.74, 6) is 1.34. The summed E-state index contributed by atoms with van der Waals surface area (Å²) in [7, 11) is 0. The molecule has 7 nitrogen and oxygen atoms in total. The first-order chi connectivity index (χ1) is 12.8. The highest BCUT2D eigenvalue weighted by atomic mass is 15.3. The lowest BCUT2D eigenvalue weighted by atomic mass is 10.2. The monoisotopic (exact) mass is 343 g/mol. The van der Waals surface area contributed by atoms with E-state index in [1.54, 1.807) is 17.2 Å². The largest absolute Gasteiger partial charge is 0.340 e. The third-order valence-corrected chi connectivity index (χ3v) is 3.76. The van der Waals surface area contributed by atoms with Gasteiger partial charge in [-0.15, -0.1) is 0 Å². The molecule has 26 heavy (non-hydrogen) atoms. The van der Waals surface area contributed by atoms with Gasteiger partial charge in [0.25, 0.3) is 0 Å². The number of pyridine rings is 1. The molecule has 0 unspecified atom stereocenters. The summed E-state index contributed by atoms with van der Waals surface area (Å²) in [6.07, 6.45) is 4.97. The average Bonchev–Trinajstić information content (AvgIpc) is 3.15. The van der Waals surface area contributed by atoms with Crippen LogP contribution in [0.5, 0.6) is 0 Å². The molecular weight excluding hydrogens is 326 g/mol. The average molecular weight is 343 g/mol. The molecule has 3 heterocycles. The molecule has 1 N–H and O–H groups in total. The number of benzene rings is 1. The molecule has 128 valence electrons. The van der Waals surface area contributed by atoms with E-state index in [0.717, 1.165) is 28.5 Å². The molecule has 0 saturated heterocycles. The molecule has 0 aliphatic heterocycles. The highest BCUT2D eigenvalue weighted by Gasteiger charge is 2.07. The normalized spacial score (nSPS) is 10.7. The lowest BCUT2D eigenvalue weighted by molar-refractivity contribution is 0.685. The summed E-state index contributed by atoms with van der Waals surface area (Å²) in [6, 6.07) is 15.7. The van der Waals surface area contributed by atoms with Crippen LogP contribution in [-0.4, -0.2) is 29.7 Å². The smallest absolute Gasteiger partial charge is 0.180 e. The van der Waals surface area contributed by atoms with Crippen molar-refractivity contribution in [3.05, 3.63) is 78.6 Å². The number of rotatable bonds is 5. The standard InChI is InChI=1S/C19H17N7/c1-14-9-18(25-19(23-14)17-7-2-3-8-21-17)24-16-6-4-5-15(10-16)11-26-13-20-12-22-26/h2-10,12-13H,11H2,1H3,(H,23,24,25). The van der Waals surface area contributed by atoms with E-state index in [9.17, 15) is 0 Å². The third-order valence-electron chi connectivity index (χ3n) is 3.76. The molecule has 0 saturated carbocycles. The van der Waals surface area contributed by atoms with Crippen molar-refractivity contribution < 1.29 is 0 Å². The lowest BCUT2D eigenvalue weighted by Gasteiger charge is -2.10. The Balaban J connectivity index is 1.58. The zero-order chi connectivity index (χ0) is 17.8. The van der Waals surface area contributed by atoms with Crippen LogP contribution in [0.2, 0.25) is 0 Å². The van der Waals surface area contributed by atoms with Crippen molar-refractivity contribution in [1.29, 1.82) is 0 Å². The second-order valence-electron chi connectivity index (χ2n) is 5.85. The second-order valence-corrected chi connectivity index (χ2v) is 5.85. The van der Waals surface area contributed by atoms with Crippen molar-refractivity contribution in [3.8, 4) is 11.5 Å². The van der Waals surface area contributed by atoms with Crippen LogP contribution in [0.25, 0.3) is 11.5 Å². The van der Waals surface area contributed by atoms with E-state index in [2.05, 4.69) is 42.5 Å². The Hall–Kier alpha value is -3.61. The van der Waals surface area contributed by atoms with Crippen molar-refractivity contribution in [2.24, 2.45) is 0 Å². The number of hydrogen-bond acceptors (Lipinski definition) is 6. The molecular formula is C19H17N7. The fourth-order valence-electron chi connectivity index (χ4n) is 2.64. The molecule has 0 radical (unpaired) electrons. The number of hydrogen-bond donors (Lipinski definition) is 1. The van der Waals surface area contributed by atoms with Crippen LogP contribution < -0.4 is 5.32 Å². The van der Waals surface area contributed by atoms with E-state index in [0.29, 0.717) is 12.4 Å². The summed E-state index contributed by atoms with van der Waals surface area (Å²) >= 11 is 0. The summed E-state index contributed by atoms with van der Waals surface area (Å²) < 4.78 is 1.78. The molecule has 4 aromatic rings. The maximum Gasteiger partial charge on any atom is 0.180 e. The fourth-order valence-corrected chi connectivity index (χ4v) is 2.64. The van der Waals surface area contributed by atoms with Gasteiger partial charge in [0.05, 0.1) is 6.54 Å². The van der Waals surface area contributed by atoms with Crippen molar-refractivity contribution >= 4 is 11.5 Å².